The minimum Gasteiger partial charge on any atom is -0.406 e. The number of anilines is 1. The third kappa shape index (κ3) is 4.62. The highest BCUT2D eigenvalue weighted by Crippen LogP contribution is 2.23. The highest BCUT2D eigenvalue weighted by atomic mass is 127. The molecule has 1 amide bonds. The summed E-state index contributed by atoms with van der Waals surface area (Å²) in [4.78, 5) is 12.0. The Kier molecular flexibility index (Phi) is 4.71. The van der Waals surface area contributed by atoms with Crippen LogP contribution in [0, 0.1) is 3.57 Å². The Labute approximate surface area is 132 Å². The summed E-state index contributed by atoms with van der Waals surface area (Å²) in [6.07, 6.45) is -4.75. The Bertz CT molecular complexity index is 641. The van der Waals surface area contributed by atoms with Gasteiger partial charge in [0.2, 0.25) is 0 Å². The minimum atomic E-state index is -4.75. The van der Waals surface area contributed by atoms with Crippen molar-refractivity contribution in [2.24, 2.45) is 0 Å². The molecule has 2 aromatic rings. The third-order valence-electron chi connectivity index (χ3n) is 2.47. The molecule has 7 heteroatoms. The Morgan fingerprint density at radius 1 is 1.05 bits per heavy atom. The maximum atomic E-state index is 12.0. The van der Waals surface area contributed by atoms with Crippen molar-refractivity contribution in [2.75, 3.05) is 5.32 Å². The molecule has 0 aliphatic heterocycles. The molecular weight excluding hydrogens is 398 g/mol. The number of hydrogen-bond acceptors (Lipinski definition) is 2. The lowest BCUT2D eigenvalue weighted by atomic mass is 10.2. The second-order valence-corrected chi connectivity index (χ2v) is 5.17. The molecule has 0 aliphatic carbocycles. The van der Waals surface area contributed by atoms with Crippen LogP contribution in [0.5, 0.6) is 5.75 Å². The van der Waals surface area contributed by atoms with E-state index in [2.05, 4.69) is 32.6 Å². The van der Waals surface area contributed by atoms with Gasteiger partial charge in [-0.3, -0.25) is 4.79 Å². The summed E-state index contributed by atoms with van der Waals surface area (Å²) in [6.45, 7) is 0. The van der Waals surface area contributed by atoms with Crippen molar-refractivity contribution in [3.63, 3.8) is 0 Å². The molecule has 0 radical (unpaired) electrons. The van der Waals surface area contributed by atoms with E-state index < -0.39 is 12.3 Å². The van der Waals surface area contributed by atoms with Crippen LogP contribution in [0.15, 0.2) is 48.5 Å². The first-order chi connectivity index (χ1) is 9.85. The van der Waals surface area contributed by atoms with E-state index >= 15 is 0 Å². The molecule has 0 aromatic heterocycles. The standard InChI is InChI=1S/C14H9F3INO2/c15-14(16,17)21-10-7-5-9(6-8-10)13(20)19-12-4-2-1-3-11(12)18/h1-8H,(H,19,20). The first-order valence-electron chi connectivity index (χ1n) is 5.77. The zero-order valence-corrected chi connectivity index (χ0v) is 12.6. The van der Waals surface area contributed by atoms with E-state index in [-0.39, 0.29) is 11.3 Å². The second kappa shape index (κ2) is 6.33. The number of rotatable bonds is 3. The van der Waals surface area contributed by atoms with Gasteiger partial charge in [0.1, 0.15) is 5.75 Å². The van der Waals surface area contributed by atoms with Gasteiger partial charge in [-0.05, 0) is 59.0 Å². The van der Waals surface area contributed by atoms with Crippen molar-refractivity contribution < 1.29 is 22.7 Å². The van der Waals surface area contributed by atoms with Crippen LogP contribution in [-0.2, 0) is 0 Å². The van der Waals surface area contributed by atoms with Crippen LogP contribution in [-0.4, -0.2) is 12.3 Å². The third-order valence-corrected chi connectivity index (χ3v) is 3.41. The number of para-hydroxylation sites is 1. The number of halogens is 4. The van der Waals surface area contributed by atoms with E-state index in [4.69, 9.17) is 0 Å². The topological polar surface area (TPSA) is 38.3 Å². The maximum Gasteiger partial charge on any atom is 0.573 e. The fourth-order valence-corrected chi connectivity index (χ4v) is 2.09. The molecule has 0 fully saturated rings. The van der Waals surface area contributed by atoms with Crippen molar-refractivity contribution in [1.29, 1.82) is 0 Å². The molecule has 0 bridgehead atoms. The fraction of sp³-hybridized carbons (Fsp3) is 0.0714. The van der Waals surface area contributed by atoms with Crippen LogP contribution in [0.25, 0.3) is 0 Å². The zero-order valence-electron chi connectivity index (χ0n) is 10.4. The highest BCUT2D eigenvalue weighted by Gasteiger charge is 2.31. The van der Waals surface area contributed by atoms with E-state index in [1.54, 1.807) is 12.1 Å². The summed E-state index contributed by atoms with van der Waals surface area (Å²) in [5, 5.41) is 2.68. The molecular formula is C14H9F3INO2. The molecule has 1 N–H and O–H groups in total. The van der Waals surface area contributed by atoms with Crippen molar-refractivity contribution in [1.82, 2.24) is 0 Å². The molecule has 2 aromatic carbocycles. The summed E-state index contributed by atoms with van der Waals surface area (Å²) < 4.78 is 40.7. The van der Waals surface area contributed by atoms with Crippen LogP contribution < -0.4 is 10.1 Å². The van der Waals surface area contributed by atoms with E-state index in [9.17, 15) is 18.0 Å². The lowest BCUT2D eigenvalue weighted by molar-refractivity contribution is -0.274. The lowest BCUT2D eigenvalue weighted by Gasteiger charge is -2.10. The van der Waals surface area contributed by atoms with Gasteiger partial charge in [-0.15, -0.1) is 13.2 Å². The van der Waals surface area contributed by atoms with E-state index in [0.717, 1.165) is 15.7 Å². The molecule has 0 spiro atoms. The second-order valence-electron chi connectivity index (χ2n) is 4.01. The summed E-state index contributed by atoms with van der Waals surface area (Å²) in [5.41, 5.74) is 0.878. The summed E-state index contributed by atoms with van der Waals surface area (Å²) >= 11 is 2.07. The highest BCUT2D eigenvalue weighted by molar-refractivity contribution is 14.1. The van der Waals surface area contributed by atoms with Crippen LogP contribution in [0.4, 0.5) is 18.9 Å². The van der Waals surface area contributed by atoms with Crippen LogP contribution >= 0.6 is 22.6 Å². The van der Waals surface area contributed by atoms with Crippen LogP contribution in [0.3, 0.4) is 0 Å². The normalized spacial score (nSPS) is 11.0. The molecule has 0 saturated heterocycles. The Balaban J connectivity index is 2.08. The number of ether oxygens (including phenoxy) is 1. The fourth-order valence-electron chi connectivity index (χ4n) is 1.57. The number of nitrogens with one attached hydrogen (secondary N) is 1. The quantitative estimate of drug-likeness (QED) is 0.765. The van der Waals surface area contributed by atoms with Gasteiger partial charge in [0.15, 0.2) is 0 Å². The van der Waals surface area contributed by atoms with E-state index in [1.807, 2.05) is 12.1 Å². The first kappa shape index (κ1) is 15.6. The smallest absolute Gasteiger partial charge is 0.406 e. The Morgan fingerprint density at radius 3 is 2.24 bits per heavy atom. The van der Waals surface area contributed by atoms with Gasteiger partial charge < -0.3 is 10.1 Å². The monoisotopic (exact) mass is 407 g/mol. The Hall–Kier alpha value is -1.77. The lowest BCUT2D eigenvalue weighted by Crippen LogP contribution is -2.17. The van der Waals surface area contributed by atoms with Gasteiger partial charge in [-0.25, -0.2) is 0 Å². The number of benzene rings is 2. The largest absolute Gasteiger partial charge is 0.573 e. The van der Waals surface area contributed by atoms with Gasteiger partial charge in [-0.2, -0.15) is 0 Å². The SMILES string of the molecule is O=C(Nc1ccccc1I)c1ccc(OC(F)(F)F)cc1. The molecule has 0 heterocycles. The predicted octanol–water partition coefficient (Wildman–Crippen LogP) is 4.44. The molecule has 3 nitrogen and oxygen atoms in total. The first-order valence-corrected chi connectivity index (χ1v) is 6.85. The average molecular weight is 407 g/mol. The van der Waals surface area contributed by atoms with E-state index in [0.29, 0.717) is 5.69 Å². The number of amides is 1. The van der Waals surface area contributed by atoms with Gasteiger partial charge >= 0.3 is 6.36 Å². The number of alkyl halides is 3. The van der Waals surface area contributed by atoms with Crippen LogP contribution in [0.1, 0.15) is 10.4 Å². The van der Waals surface area contributed by atoms with Crippen molar-refractivity contribution in [3.05, 3.63) is 57.7 Å². The minimum absolute atomic E-state index is 0.240. The van der Waals surface area contributed by atoms with Crippen molar-refractivity contribution in [3.8, 4) is 5.75 Å². The summed E-state index contributed by atoms with van der Waals surface area (Å²) in [5.74, 6) is -0.772. The van der Waals surface area contributed by atoms with Gasteiger partial charge in [0.05, 0.1) is 5.69 Å². The maximum absolute atomic E-state index is 12.0. The van der Waals surface area contributed by atoms with Crippen LogP contribution in [0.2, 0.25) is 0 Å². The zero-order chi connectivity index (χ0) is 15.5. The molecule has 0 aliphatic rings. The predicted molar refractivity (Wildman–Crippen MR) is 80.2 cm³/mol. The van der Waals surface area contributed by atoms with E-state index in [1.165, 1.54) is 12.1 Å². The van der Waals surface area contributed by atoms with Gasteiger partial charge in [-0.1, -0.05) is 12.1 Å². The Morgan fingerprint density at radius 2 is 1.67 bits per heavy atom. The molecule has 0 saturated carbocycles. The molecule has 0 unspecified atom stereocenters. The van der Waals surface area contributed by atoms with Gasteiger partial charge in [0.25, 0.3) is 5.91 Å². The molecule has 0 atom stereocenters. The molecule has 2 rings (SSSR count). The summed E-state index contributed by atoms with van der Waals surface area (Å²) in [6, 6.07) is 11.9. The van der Waals surface area contributed by atoms with Gasteiger partial charge in [0, 0.05) is 9.13 Å². The molecule has 21 heavy (non-hydrogen) atoms. The molecule has 110 valence electrons. The average Bonchev–Trinajstić information content (AvgIpc) is 2.40. The number of carbonyl (C=O) groups excluding carboxylic acids is 1. The summed E-state index contributed by atoms with van der Waals surface area (Å²) in [7, 11) is 0. The number of hydrogen-bond donors (Lipinski definition) is 1. The number of carbonyl (C=O) groups is 1. The van der Waals surface area contributed by atoms with Crippen molar-refractivity contribution >= 4 is 34.2 Å². The van der Waals surface area contributed by atoms with Crippen molar-refractivity contribution in [2.45, 2.75) is 6.36 Å².